The van der Waals surface area contributed by atoms with Crippen LogP contribution in [-0.4, -0.2) is 140 Å². The molecule has 12 atom stereocenters. The van der Waals surface area contributed by atoms with E-state index in [-0.39, 0.29) is 12.5 Å². The molecule has 2 fully saturated rings. The minimum Gasteiger partial charge on any atom is -0.394 e. The van der Waals surface area contributed by atoms with Gasteiger partial charge in [-0.25, -0.2) is 0 Å². The molecule has 0 spiro atoms. The summed E-state index contributed by atoms with van der Waals surface area (Å²) in [4.78, 5) is 13.2. The molecule has 9 N–H and O–H groups in total. The number of ether oxygens (including phenoxy) is 4. The summed E-state index contributed by atoms with van der Waals surface area (Å²) in [5.41, 5.74) is 0. The first-order chi connectivity index (χ1) is 37.1. The van der Waals surface area contributed by atoms with Gasteiger partial charge in [-0.15, -0.1) is 0 Å². The quantitative estimate of drug-likeness (QED) is 0.0204. The maximum absolute atomic E-state index is 13.2. The molecule has 440 valence electrons. The van der Waals surface area contributed by atoms with Crippen LogP contribution in [0.3, 0.4) is 0 Å². The number of hydrogen-bond donors (Lipinski definition) is 9. The molecule has 0 radical (unpaired) electrons. The van der Waals surface area contributed by atoms with Crippen molar-refractivity contribution < 1.29 is 64.6 Å². The summed E-state index contributed by atoms with van der Waals surface area (Å²) in [5.74, 6) is -0.213. The number of aliphatic hydroxyl groups excluding tert-OH is 8. The highest BCUT2D eigenvalue weighted by Crippen LogP contribution is 2.30. The SMILES string of the molecule is CC/C=C\C/C=C\C/C=C\C/C=C\C/C=C\C/C=C\CCCCCCCCCCCCCCCCCCC(=O)NC(COC1OC(CO)C(OC2OC(CO)C(O)C(O)C2O)C(O)C1O)C(O)CCCCCCCCC. The molecule has 76 heavy (non-hydrogen) atoms. The van der Waals surface area contributed by atoms with Gasteiger partial charge in [0, 0.05) is 6.42 Å². The van der Waals surface area contributed by atoms with Gasteiger partial charge < -0.3 is 65.1 Å². The van der Waals surface area contributed by atoms with Gasteiger partial charge in [-0.3, -0.25) is 4.79 Å². The average molecular weight is 1080 g/mol. The summed E-state index contributed by atoms with van der Waals surface area (Å²) >= 11 is 0. The van der Waals surface area contributed by atoms with E-state index in [2.05, 4.69) is 92.1 Å². The molecular weight excluding hydrogens is 967 g/mol. The van der Waals surface area contributed by atoms with Crippen LogP contribution in [0.15, 0.2) is 72.9 Å². The molecule has 0 saturated carbocycles. The standard InChI is InChI=1S/C62H109NO13/c1-3-5-7-9-11-12-13-14-15-16-17-18-19-20-21-22-23-24-25-26-27-28-29-30-31-32-33-34-35-36-37-38-40-42-44-46-54(67)63-50(51(66)45-43-41-39-10-8-6-4-2)49-73-61-59(72)57(70)60(53(48-65)75-61)76-62-58(71)56(69)55(68)52(47-64)74-62/h5,7,11-12,14-15,17-18,20-21,23-24,50-53,55-62,64-66,68-72H,3-4,6,8-10,13,16,19,22,25-49H2,1-2H3,(H,63,67)/b7-5-,12-11-,15-14-,18-17-,21-20-,24-23-. The van der Waals surface area contributed by atoms with E-state index in [1.807, 2.05) is 0 Å². The highest BCUT2D eigenvalue weighted by atomic mass is 16.7. The lowest BCUT2D eigenvalue weighted by Crippen LogP contribution is -2.65. The second kappa shape index (κ2) is 47.3. The van der Waals surface area contributed by atoms with Crippen LogP contribution in [0.2, 0.25) is 0 Å². The Hall–Kier alpha value is -2.57. The van der Waals surface area contributed by atoms with Crippen molar-refractivity contribution in [3.8, 4) is 0 Å². The fourth-order valence-electron chi connectivity index (χ4n) is 9.59. The summed E-state index contributed by atoms with van der Waals surface area (Å²) in [7, 11) is 0. The van der Waals surface area contributed by atoms with E-state index >= 15 is 0 Å². The largest absolute Gasteiger partial charge is 0.394 e. The van der Waals surface area contributed by atoms with Gasteiger partial charge in [0.05, 0.1) is 32.0 Å². The van der Waals surface area contributed by atoms with Gasteiger partial charge in [-0.2, -0.15) is 0 Å². The van der Waals surface area contributed by atoms with E-state index in [0.717, 1.165) is 96.3 Å². The maximum atomic E-state index is 13.2. The van der Waals surface area contributed by atoms with Gasteiger partial charge in [0.15, 0.2) is 12.6 Å². The van der Waals surface area contributed by atoms with Crippen molar-refractivity contribution in [3.63, 3.8) is 0 Å². The van der Waals surface area contributed by atoms with E-state index in [4.69, 9.17) is 18.9 Å². The minimum atomic E-state index is -1.78. The average Bonchev–Trinajstić information content (AvgIpc) is 3.42. The third-order valence-corrected chi connectivity index (χ3v) is 14.4. The van der Waals surface area contributed by atoms with Crippen LogP contribution in [0, 0.1) is 0 Å². The summed E-state index contributed by atoms with van der Waals surface area (Å²) < 4.78 is 22.7. The van der Waals surface area contributed by atoms with Crippen molar-refractivity contribution in [2.75, 3.05) is 19.8 Å². The van der Waals surface area contributed by atoms with Gasteiger partial charge >= 0.3 is 0 Å². The number of hydrogen-bond acceptors (Lipinski definition) is 13. The third-order valence-electron chi connectivity index (χ3n) is 14.4. The van der Waals surface area contributed by atoms with Crippen LogP contribution in [0.5, 0.6) is 0 Å². The lowest BCUT2D eigenvalue weighted by Gasteiger charge is -2.46. The Labute approximate surface area is 459 Å². The lowest BCUT2D eigenvalue weighted by atomic mass is 9.97. The van der Waals surface area contributed by atoms with Gasteiger partial charge in [-0.05, 0) is 64.2 Å². The van der Waals surface area contributed by atoms with Crippen molar-refractivity contribution in [3.05, 3.63) is 72.9 Å². The Morgan fingerprint density at radius 2 is 0.908 bits per heavy atom. The zero-order valence-corrected chi connectivity index (χ0v) is 47.2. The molecule has 0 aromatic carbocycles. The molecule has 2 aliphatic rings. The number of carbonyl (C=O) groups excluding carboxylic acids is 1. The molecule has 0 aromatic heterocycles. The van der Waals surface area contributed by atoms with E-state index in [9.17, 15) is 45.6 Å². The lowest BCUT2D eigenvalue weighted by molar-refractivity contribution is -0.359. The normalized spacial score (nSPS) is 25.4. The number of allylic oxidation sites excluding steroid dienone is 12. The summed E-state index contributed by atoms with van der Waals surface area (Å²) in [5, 5.41) is 86.8. The van der Waals surface area contributed by atoms with Crippen LogP contribution in [0.25, 0.3) is 0 Å². The van der Waals surface area contributed by atoms with Crippen molar-refractivity contribution in [1.82, 2.24) is 5.32 Å². The van der Waals surface area contributed by atoms with E-state index in [0.29, 0.717) is 12.8 Å². The smallest absolute Gasteiger partial charge is 0.220 e. The van der Waals surface area contributed by atoms with Crippen molar-refractivity contribution in [1.29, 1.82) is 0 Å². The van der Waals surface area contributed by atoms with Crippen LogP contribution in [0.1, 0.15) is 219 Å². The molecule has 1 amide bonds. The second-order valence-corrected chi connectivity index (χ2v) is 21.1. The van der Waals surface area contributed by atoms with E-state index < -0.39 is 86.8 Å². The number of carbonyl (C=O) groups is 1. The van der Waals surface area contributed by atoms with Crippen molar-refractivity contribution in [2.24, 2.45) is 0 Å². The first-order valence-electron chi connectivity index (χ1n) is 30.2. The van der Waals surface area contributed by atoms with E-state index in [1.54, 1.807) is 0 Å². The maximum Gasteiger partial charge on any atom is 0.220 e. The predicted molar refractivity (Wildman–Crippen MR) is 304 cm³/mol. The third kappa shape index (κ3) is 32.5. The molecule has 14 heteroatoms. The zero-order chi connectivity index (χ0) is 55.3. The Kier molecular flexibility index (Phi) is 43.2. The molecule has 0 aromatic rings. The van der Waals surface area contributed by atoms with Crippen LogP contribution >= 0.6 is 0 Å². The Balaban J connectivity index is 1.56. The molecule has 2 heterocycles. The molecule has 0 aliphatic carbocycles. The van der Waals surface area contributed by atoms with Gasteiger partial charge in [0.2, 0.25) is 5.91 Å². The fraction of sp³-hybridized carbons (Fsp3) is 0.790. The van der Waals surface area contributed by atoms with Crippen LogP contribution in [0.4, 0.5) is 0 Å². The van der Waals surface area contributed by atoms with Crippen LogP contribution in [-0.2, 0) is 23.7 Å². The Morgan fingerprint density at radius 3 is 1.39 bits per heavy atom. The number of amides is 1. The number of nitrogens with one attached hydrogen (secondary N) is 1. The first kappa shape index (κ1) is 69.5. The molecule has 2 rings (SSSR count). The first-order valence-corrected chi connectivity index (χ1v) is 30.2. The monoisotopic (exact) mass is 1080 g/mol. The van der Waals surface area contributed by atoms with E-state index in [1.165, 1.54) is 96.3 Å². The molecule has 12 unspecified atom stereocenters. The Bertz CT molecular complexity index is 1550. The highest BCUT2D eigenvalue weighted by Gasteiger charge is 2.51. The van der Waals surface area contributed by atoms with Crippen LogP contribution < -0.4 is 5.32 Å². The number of aliphatic hydroxyl groups is 8. The fourth-order valence-corrected chi connectivity index (χ4v) is 9.59. The summed E-state index contributed by atoms with van der Waals surface area (Å²) in [6.45, 7) is 2.68. The van der Waals surface area contributed by atoms with Crippen molar-refractivity contribution >= 4 is 5.91 Å². The Morgan fingerprint density at radius 1 is 0.487 bits per heavy atom. The molecule has 2 saturated heterocycles. The molecule has 14 nitrogen and oxygen atoms in total. The molecule has 0 bridgehead atoms. The number of rotatable bonds is 47. The van der Waals surface area contributed by atoms with Gasteiger partial charge in [-0.1, -0.05) is 222 Å². The van der Waals surface area contributed by atoms with Crippen molar-refractivity contribution in [2.45, 2.75) is 293 Å². The second-order valence-electron chi connectivity index (χ2n) is 21.1. The van der Waals surface area contributed by atoms with Gasteiger partial charge in [0.25, 0.3) is 0 Å². The molecular formula is C62H109NO13. The number of unbranched alkanes of at least 4 members (excludes halogenated alkanes) is 22. The topological polar surface area (TPSA) is 228 Å². The summed E-state index contributed by atoms with van der Waals surface area (Å²) in [6.07, 6.45) is 45.3. The highest BCUT2D eigenvalue weighted by molar-refractivity contribution is 5.76. The zero-order valence-electron chi connectivity index (χ0n) is 47.2. The molecule has 2 aliphatic heterocycles. The predicted octanol–water partition coefficient (Wildman–Crippen LogP) is 10.3. The minimum absolute atomic E-state index is 0.213. The van der Waals surface area contributed by atoms with Gasteiger partial charge in [0.1, 0.15) is 48.8 Å². The summed E-state index contributed by atoms with van der Waals surface area (Å²) in [6, 6.07) is -0.827.